The van der Waals surface area contributed by atoms with Crippen LogP contribution in [-0.4, -0.2) is 9.55 Å². The molecule has 0 unspecified atom stereocenters. The largest absolute Gasteiger partial charge is 0.489 e. The topological polar surface area (TPSA) is 36.3 Å². The average molecular weight is 515 g/mol. The number of rotatable bonds is 5. The van der Waals surface area contributed by atoms with Gasteiger partial charge in [-0.25, -0.2) is 4.98 Å². The Balaban J connectivity index is 1.36. The van der Waals surface area contributed by atoms with Gasteiger partial charge in [0.1, 0.15) is 23.9 Å². The van der Waals surface area contributed by atoms with E-state index in [1.165, 1.54) is 12.1 Å². The number of benzene rings is 3. The molecule has 4 nitrogen and oxygen atoms in total. The molecule has 0 atom stereocenters. The van der Waals surface area contributed by atoms with E-state index in [-0.39, 0.29) is 0 Å². The van der Waals surface area contributed by atoms with Crippen LogP contribution in [0.25, 0.3) is 5.69 Å². The van der Waals surface area contributed by atoms with Crippen molar-refractivity contribution in [2.24, 2.45) is 0 Å². The molecule has 0 bridgehead atoms. The van der Waals surface area contributed by atoms with Gasteiger partial charge in [-0.2, -0.15) is 13.2 Å². The van der Waals surface area contributed by atoms with Gasteiger partial charge in [-0.3, -0.25) is 4.57 Å². The van der Waals surface area contributed by atoms with Crippen LogP contribution in [0.3, 0.4) is 0 Å². The predicted octanol–water partition coefficient (Wildman–Crippen LogP) is 7.12. The van der Waals surface area contributed by atoms with Crippen LogP contribution in [0.2, 0.25) is 0 Å². The van der Waals surface area contributed by atoms with Gasteiger partial charge in [-0.05, 0) is 72.1 Å². The molecule has 3 aromatic carbocycles. The number of hydrogen-bond acceptors (Lipinski definition) is 3. The Morgan fingerprint density at radius 2 is 1.64 bits per heavy atom. The fourth-order valence-corrected chi connectivity index (χ4v) is 4.04. The number of aryl methyl sites for hydroxylation is 2. The smallest absolute Gasteiger partial charge is 0.416 e. The van der Waals surface area contributed by atoms with Gasteiger partial charge in [-0.15, -0.1) is 0 Å². The van der Waals surface area contributed by atoms with Crippen molar-refractivity contribution in [1.29, 1.82) is 0 Å². The maximum Gasteiger partial charge on any atom is 0.416 e. The molecule has 0 N–H and O–H groups in total. The summed E-state index contributed by atoms with van der Waals surface area (Å²) >= 11 is 3.43. The summed E-state index contributed by atoms with van der Waals surface area (Å²) in [5.41, 5.74) is 2.36. The van der Waals surface area contributed by atoms with E-state index in [1.807, 2.05) is 47.0 Å². The third-order valence-corrected chi connectivity index (χ3v) is 5.96. The zero-order chi connectivity index (χ0) is 23.0. The Morgan fingerprint density at radius 3 is 2.36 bits per heavy atom. The Hall–Kier alpha value is -3.26. The molecular weight excluding hydrogens is 497 g/mol. The summed E-state index contributed by atoms with van der Waals surface area (Å²) in [6.07, 6.45) is -1.26. The third kappa shape index (κ3) is 4.61. The summed E-state index contributed by atoms with van der Waals surface area (Å²) in [6.45, 7) is 0.463. The SMILES string of the molecule is FC(F)(F)c1ccc(Oc2cnc3n2-c2ccc(OCc4ccc(Br)cc4)cc2CC3)cc1. The van der Waals surface area contributed by atoms with Crippen LogP contribution in [0.15, 0.2) is 77.4 Å². The van der Waals surface area contributed by atoms with Gasteiger partial charge >= 0.3 is 6.18 Å². The lowest BCUT2D eigenvalue weighted by molar-refractivity contribution is -0.137. The second-order valence-electron chi connectivity index (χ2n) is 7.68. The highest BCUT2D eigenvalue weighted by Crippen LogP contribution is 2.35. The van der Waals surface area contributed by atoms with Gasteiger partial charge in [0, 0.05) is 10.9 Å². The van der Waals surface area contributed by atoms with Gasteiger partial charge < -0.3 is 9.47 Å². The Morgan fingerprint density at radius 1 is 0.909 bits per heavy atom. The van der Waals surface area contributed by atoms with Crippen LogP contribution >= 0.6 is 15.9 Å². The minimum Gasteiger partial charge on any atom is -0.489 e. The average Bonchev–Trinajstić information content (AvgIpc) is 3.21. The minimum absolute atomic E-state index is 0.312. The van der Waals surface area contributed by atoms with Gasteiger partial charge in [0.05, 0.1) is 17.4 Å². The molecule has 2 heterocycles. The Kier molecular flexibility index (Phi) is 5.62. The molecule has 1 aromatic heterocycles. The number of ether oxygens (including phenoxy) is 2. The Labute approximate surface area is 196 Å². The van der Waals surface area contributed by atoms with Gasteiger partial charge in [0.15, 0.2) is 0 Å². The molecule has 0 spiro atoms. The van der Waals surface area contributed by atoms with Crippen molar-refractivity contribution < 1.29 is 22.6 Å². The number of nitrogens with zero attached hydrogens (tertiary/aromatic N) is 2. The monoisotopic (exact) mass is 514 g/mol. The van der Waals surface area contributed by atoms with E-state index in [2.05, 4.69) is 20.9 Å². The maximum atomic E-state index is 12.8. The van der Waals surface area contributed by atoms with Crippen LogP contribution in [0, 0.1) is 0 Å². The Bertz CT molecular complexity index is 1280. The van der Waals surface area contributed by atoms with Crippen LogP contribution in [0.5, 0.6) is 17.4 Å². The van der Waals surface area contributed by atoms with E-state index in [0.29, 0.717) is 18.2 Å². The van der Waals surface area contributed by atoms with E-state index >= 15 is 0 Å². The van der Waals surface area contributed by atoms with E-state index < -0.39 is 11.7 Å². The summed E-state index contributed by atoms with van der Waals surface area (Å²) in [7, 11) is 0. The molecule has 0 aliphatic carbocycles. The number of halogens is 4. The maximum absolute atomic E-state index is 12.8. The standard InChI is InChI=1S/C25H18BrF3N2O2/c26-19-6-1-16(2-7-19)15-32-21-10-11-22-17(13-21)3-12-23-30-14-24(31(22)23)33-20-8-4-18(5-9-20)25(27,28)29/h1-2,4-11,13-14H,3,12,15H2. The molecule has 8 heteroatoms. The minimum atomic E-state index is -4.38. The summed E-state index contributed by atoms with van der Waals surface area (Å²) < 4.78 is 53.2. The van der Waals surface area contributed by atoms with Crippen LogP contribution in [0.4, 0.5) is 13.2 Å². The highest BCUT2D eigenvalue weighted by atomic mass is 79.9. The fourth-order valence-electron chi connectivity index (χ4n) is 3.78. The van der Waals surface area contributed by atoms with E-state index in [1.54, 1.807) is 6.20 Å². The first-order chi connectivity index (χ1) is 15.9. The van der Waals surface area contributed by atoms with Crippen molar-refractivity contribution in [1.82, 2.24) is 9.55 Å². The van der Waals surface area contributed by atoms with Crippen molar-refractivity contribution in [2.45, 2.75) is 25.6 Å². The van der Waals surface area contributed by atoms with Gasteiger partial charge in [0.2, 0.25) is 5.88 Å². The number of fused-ring (bicyclic) bond motifs is 3. The van der Waals surface area contributed by atoms with Crippen molar-refractivity contribution in [3.05, 3.63) is 99.9 Å². The van der Waals surface area contributed by atoms with E-state index in [4.69, 9.17) is 9.47 Å². The first-order valence-corrected chi connectivity index (χ1v) is 11.1. The highest BCUT2D eigenvalue weighted by Gasteiger charge is 2.30. The lowest BCUT2D eigenvalue weighted by Crippen LogP contribution is -2.13. The first kappa shape index (κ1) is 21.6. The molecule has 33 heavy (non-hydrogen) atoms. The summed E-state index contributed by atoms with van der Waals surface area (Å²) in [5.74, 6) is 2.37. The molecule has 0 saturated carbocycles. The van der Waals surface area contributed by atoms with Gasteiger partial charge in [-0.1, -0.05) is 28.1 Å². The zero-order valence-electron chi connectivity index (χ0n) is 17.3. The molecule has 0 radical (unpaired) electrons. The number of imidazole rings is 1. The lowest BCUT2D eigenvalue weighted by atomic mass is 10.0. The summed E-state index contributed by atoms with van der Waals surface area (Å²) in [6, 6.07) is 18.5. The lowest BCUT2D eigenvalue weighted by Gasteiger charge is -2.21. The molecule has 4 aromatic rings. The zero-order valence-corrected chi connectivity index (χ0v) is 18.9. The quantitative estimate of drug-likeness (QED) is 0.284. The number of hydrogen-bond donors (Lipinski definition) is 0. The molecular formula is C25H18BrF3N2O2. The van der Waals surface area contributed by atoms with Crippen LogP contribution in [0.1, 0.15) is 22.5 Å². The molecule has 0 amide bonds. The van der Waals surface area contributed by atoms with Crippen LogP contribution < -0.4 is 9.47 Å². The molecule has 5 rings (SSSR count). The van der Waals surface area contributed by atoms with Crippen molar-refractivity contribution in [3.8, 4) is 23.1 Å². The first-order valence-electron chi connectivity index (χ1n) is 10.3. The second-order valence-corrected chi connectivity index (χ2v) is 8.59. The van der Waals surface area contributed by atoms with E-state index in [0.717, 1.165) is 57.8 Å². The predicted molar refractivity (Wildman–Crippen MR) is 121 cm³/mol. The third-order valence-electron chi connectivity index (χ3n) is 5.44. The molecule has 0 saturated heterocycles. The van der Waals surface area contributed by atoms with Gasteiger partial charge in [0.25, 0.3) is 0 Å². The van der Waals surface area contributed by atoms with Crippen LogP contribution in [-0.2, 0) is 25.6 Å². The fraction of sp³-hybridized carbons (Fsp3) is 0.160. The number of aromatic nitrogens is 2. The van der Waals surface area contributed by atoms with Crippen molar-refractivity contribution >= 4 is 15.9 Å². The number of alkyl halides is 3. The van der Waals surface area contributed by atoms with Crippen molar-refractivity contribution in [3.63, 3.8) is 0 Å². The van der Waals surface area contributed by atoms with Crippen molar-refractivity contribution in [2.75, 3.05) is 0 Å². The molecule has 0 fully saturated rings. The normalized spacial score (nSPS) is 12.7. The highest BCUT2D eigenvalue weighted by molar-refractivity contribution is 9.10. The summed E-state index contributed by atoms with van der Waals surface area (Å²) in [4.78, 5) is 4.44. The molecule has 168 valence electrons. The molecule has 1 aliphatic heterocycles. The summed E-state index contributed by atoms with van der Waals surface area (Å²) in [5, 5.41) is 0. The second kappa shape index (κ2) is 8.59. The van der Waals surface area contributed by atoms with E-state index in [9.17, 15) is 13.2 Å². The molecule has 1 aliphatic rings.